The van der Waals surface area contributed by atoms with E-state index in [1.54, 1.807) is 36.3 Å². The van der Waals surface area contributed by atoms with Crippen molar-refractivity contribution in [3.63, 3.8) is 0 Å². The third-order valence-corrected chi connectivity index (χ3v) is 5.52. The van der Waals surface area contributed by atoms with Crippen LogP contribution in [0.5, 0.6) is 5.75 Å². The van der Waals surface area contributed by atoms with E-state index in [0.29, 0.717) is 30.7 Å². The van der Waals surface area contributed by atoms with Gasteiger partial charge in [0.15, 0.2) is 0 Å². The molecule has 3 amide bonds. The standard InChI is InChI=1S/C22H23N3O4/c1-29-16-9-7-15(8-10-16)20(26)23-17-11-12-25-19(17)21(27)24-18(22(25)28)13-14-5-3-2-4-6-14/h2-10,17-19H,11-13H2,1H3,(H,23,26)(H,24,27). The van der Waals surface area contributed by atoms with Crippen molar-refractivity contribution in [2.75, 3.05) is 13.7 Å². The first-order valence-electron chi connectivity index (χ1n) is 9.66. The summed E-state index contributed by atoms with van der Waals surface area (Å²) in [6.07, 6.45) is 1.00. The smallest absolute Gasteiger partial charge is 0.251 e. The highest BCUT2D eigenvalue weighted by atomic mass is 16.5. The van der Waals surface area contributed by atoms with Gasteiger partial charge in [-0.15, -0.1) is 0 Å². The summed E-state index contributed by atoms with van der Waals surface area (Å²) >= 11 is 0. The third kappa shape index (κ3) is 3.81. The summed E-state index contributed by atoms with van der Waals surface area (Å²) in [6.45, 7) is 0.454. The lowest BCUT2D eigenvalue weighted by Gasteiger charge is -2.36. The summed E-state index contributed by atoms with van der Waals surface area (Å²) in [4.78, 5) is 39.9. The zero-order chi connectivity index (χ0) is 20.4. The van der Waals surface area contributed by atoms with Gasteiger partial charge in [-0.3, -0.25) is 14.4 Å². The molecule has 0 aromatic heterocycles. The van der Waals surface area contributed by atoms with Crippen molar-refractivity contribution in [1.29, 1.82) is 0 Å². The van der Waals surface area contributed by atoms with E-state index in [9.17, 15) is 14.4 Å². The Kier molecular flexibility index (Phi) is 5.20. The molecule has 3 unspecified atom stereocenters. The van der Waals surface area contributed by atoms with Gasteiger partial charge in [-0.05, 0) is 36.2 Å². The van der Waals surface area contributed by atoms with E-state index in [0.717, 1.165) is 5.56 Å². The zero-order valence-electron chi connectivity index (χ0n) is 16.1. The van der Waals surface area contributed by atoms with E-state index < -0.39 is 18.1 Å². The second kappa shape index (κ2) is 7.95. The number of amides is 3. The van der Waals surface area contributed by atoms with Crippen LogP contribution >= 0.6 is 0 Å². The molecule has 0 saturated carbocycles. The van der Waals surface area contributed by atoms with Gasteiger partial charge in [0, 0.05) is 18.5 Å². The van der Waals surface area contributed by atoms with Crippen LogP contribution in [-0.2, 0) is 16.0 Å². The number of hydrogen-bond donors (Lipinski definition) is 2. The highest BCUT2D eigenvalue weighted by Gasteiger charge is 2.48. The van der Waals surface area contributed by atoms with Crippen LogP contribution < -0.4 is 15.4 Å². The van der Waals surface area contributed by atoms with E-state index in [-0.39, 0.29) is 17.7 Å². The van der Waals surface area contributed by atoms with Crippen LogP contribution in [0, 0.1) is 0 Å². The number of piperazine rings is 1. The number of fused-ring (bicyclic) bond motifs is 1. The monoisotopic (exact) mass is 393 g/mol. The number of benzene rings is 2. The summed E-state index contributed by atoms with van der Waals surface area (Å²) < 4.78 is 5.10. The summed E-state index contributed by atoms with van der Waals surface area (Å²) in [6, 6.07) is 14.7. The molecule has 4 rings (SSSR count). The van der Waals surface area contributed by atoms with Gasteiger partial charge in [-0.2, -0.15) is 0 Å². The first-order valence-corrected chi connectivity index (χ1v) is 9.66. The molecule has 29 heavy (non-hydrogen) atoms. The molecule has 7 heteroatoms. The normalized spacial score (nSPS) is 23.3. The van der Waals surface area contributed by atoms with Crippen molar-refractivity contribution in [2.45, 2.75) is 31.0 Å². The van der Waals surface area contributed by atoms with Crippen LogP contribution in [0.2, 0.25) is 0 Å². The van der Waals surface area contributed by atoms with Gasteiger partial charge in [0.1, 0.15) is 17.8 Å². The van der Waals surface area contributed by atoms with Gasteiger partial charge in [0.2, 0.25) is 11.8 Å². The quantitative estimate of drug-likeness (QED) is 0.797. The lowest BCUT2D eigenvalue weighted by Crippen LogP contribution is -2.65. The fraction of sp³-hybridized carbons (Fsp3) is 0.318. The Morgan fingerprint density at radius 2 is 1.86 bits per heavy atom. The lowest BCUT2D eigenvalue weighted by atomic mass is 9.99. The van der Waals surface area contributed by atoms with Crippen LogP contribution in [0.25, 0.3) is 0 Å². The van der Waals surface area contributed by atoms with E-state index in [1.807, 2.05) is 30.3 Å². The third-order valence-electron chi connectivity index (χ3n) is 5.52. The maximum absolute atomic E-state index is 12.9. The average Bonchev–Trinajstić information content (AvgIpc) is 3.17. The van der Waals surface area contributed by atoms with Crippen LogP contribution in [-0.4, -0.2) is 54.4 Å². The molecule has 0 spiro atoms. The maximum atomic E-state index is 12.9. The second-order valence-electron chi connectivity index (χ2n) is 7.32. The van der Waals surface area contributed by atoms with Crippen LogP contribution in [0.1, 0.15) is 22.3 Å². The Morgan fingerprint density at radius 3 is 2.55 bits per heavy atom. The molecule has 0 radical (unpaired) electrons. The minimum Gasteiger partial charge on any atom is -0.497 e. The molecule has 2 aliphatic heterocycles. The summed E-state index contributed by atoms with van der Waals surface area (Å²) in [7, 11) is 1.56. The molecular weight excluding hydrogens is 370 g/mol. The maximum Gasteiger partial charge on any atom is 0.251 e. The van der Waals surface area contributed by atoms with Crippen LogP contribution in [0.3, 0.4) is 0 Å². The Hall–Kier alpha value is -3.35. The first kappa shape index (κ1) is 19.0. The highest BCUT2D eigenvalue weighted by Crippen LogP contribution is 2.24. The number of ether oxygens (including phenoxy) is 1. The Labute approximate surface area is 169 Å². The number of methoxy groups -OCH3 is 1. The molecule has 2 aromatic rings. The number of nitrogens with zero attached hydrogens (tertiary/aromatic N) is 1. The van der Waals surface area contributed by atoms with Gasteiger partial charge in [-0.25, -0.2) is 0 Å². The van der Waals surface area contributed by atoms with Crippen molar-refractivity contribution in [3.05, 3.63) is 65.7 Å². The van der Waals surface area contributed by atoms with Crippen LogP contribution in [0.15, 0.2) is 54.6 Å². The van der Waals surface area contributed by atoms with Gasteiger partial charge in [0.25, 0.3) is 5.91 Å². The molecule has 2 N–H and O–H groups in total. The molecule has 2 aliphatic rings. The molecule has 2 fully saturated rings. The van der Waals surface area contributed by atoms with Crippen molar-refractivity contribution in [3.8, 4) is 5.75 Å². The Morgan fingerprint density at radius 1 is 1.14 bits per heavy atom. The van der Waals surface area contributed by atoms with Gasteiger partial charge in [-0.1, -0.05) is 30.3 Å². The van der Waals surface area contributed by atoms with Gasteiger partial charge >= 0.3 is 0 Å². The number of hydrogen-bond acceptors (Lipinski definition) is 4. The summed E-state index contributed by atoms with van der Waals surface area (Å²) in [5, 5.41) is 5.76. The van der Waals surface area contributed by atoms with Crippen molar-refractivity contribution < 1.29 is 19.1 Å². The second-order valence-corrected chi connectivity index (χ2v) is 7.32. The molecule has 2 saturated heterocycles. The fourth-order valence-electron chi connectivity index (χ4n) is 4.02. The molecule has 2 aromatic carbocycles. The highest BCUT2D eigenvalue weighted by molar-refractivity contribution is 5.99. The minimum atomic E-state index is -0.670. The Balaban J connectivity index is 1.43. The van der Waals surface area contributed by atoms with Crippen molar-refractivity contribution in [2.24, 2.45) is 0 Å². The largest absolute Gasteiger partial charge is 0.497 e. The zero-order valence-corrected chi connectivity index (χ0v) is 16.1. The first-order chi connectivity index (χ1) is 14.1. The van der Waals surface area contributed by atoms with Gasteiger partial charge < -0.3 is 20.3 Å². The molecule has 0 aliphatic carbocycles. The van der Waals surface area contributed by atoms with E-state index in [2.05, 4.69) is 10.6 Å². The molecule has 3 atom stereocenters. The average molecular weight is 393 g/mol. The molecule has 7 nitrogen and oxygen atoms in total. The number of carbonyl (C=O) groups is 3. The predicted octanol–water partition coefficient (Wildman–Crippen LogP) is 1.14. The van der Waals surface area contributed by atoms with E-state index in [1.165, 1.54) is 0 Å². The van der Waals surface area contributed by atoms with E-state index in [4.69, 9.17) is 4.74 Å². The molecule has 150 valence electrons. The number of nitrogens with one attached hydrogen (secondary N) is 2. The van der Waals surface area contributed by atoms with Gasteiger partial charge in [0.05, 0.1) is 13.2 Å². The Bertz CT molecular complexity index is 913. The minimum absolute atomic E-state index is 0.0975. The summed E-state index contributed by atoms with van der Waals surface area (Å²) in [5.74, 6) is 0.0733. The lowest BCUT2D eigenvalue weighted by molar-refractivity contribution is -0.147. The molecular formula is C22H23N3O4. The topological polar surface area (TPSA) is 87.7 Å². The van der Waals surface area contributed by atoms with E-state index >= 15 is 0 Å². The predicted molar refractivity (Wildman–Crippen MR) is 106 cm³/mol. The van der Waals surface area contributed by atoms with Crippen molar-refractivity contribution >= 4 is 17.7 Å². The SMILES string of the molecule is COc1ccc(C(=O)NC2CCN3C(=O)C(Cc4ccccc4)NC(=O)C23)cc1. The molecule has 0 bridgehead atoms. The number of carbonyl (C=O) groups excluding carboxylic acids is 3. The number of rotatable bonds is 5. The van der Waals surface area contributed by atoms with Crippen molar-refractivity contribution in [1.82, 2.24) is 15.5 Å². The summed E-state index contributed by atoms with van der Waals surface area (Å²) in [5.41, 5.74) is 1.47. The van der Waals surface area contributed by atoms with Crippen LogP contribution in [0.4, 0.5) is 0 Å². The molecule has 2 heterocycles. The fourth-order valence-corrected chi connectivity index (χ4v) is 4.02.